The minimum absolute atomic E-state index is 0.161. The lowest BCUT2D eigenvalue weighted by atomic mass is 10.1. The van der Waals surface area contributed by atoms with E-state index in [2.05, 4.69) is 16.4 Å². The van der Waals surface area contributed by atoms with Crippen molar-refractivity contribution in [2.45, 2.75) is 33.7 Å². The fraction of sp³-hybridized carbons (Fsp3) is 0.316. The molecule has 3 rings (SSSR count). The molecule has 3 N–H and O–H groups in total. The van der Waals surface area contributed by atoms with Gasteiger partial charge < -0.3 is 11.1 Å². The molecule has 0 unspecified atom stereocenters. The number of rotatable bonds is 5. The van der Waals surface area contributed by atoms with Gasteiger partial charge in [-0.2, -0.15) is 0 Å². The average molecular weight is 385 g/mol. The van der Waals surface area contributed by atoms with Gasteiger partial charge in [0, 0.05) is 24.7 Å². The normalized spacial score (nSPS) is 11.0. The summed E-state index contributed by atoms with van der Waals surface area (Å²) in [6.45, 7) is 6.44. The van der Waals surface area contributed by atoms with Crippen molar-refractivity contribution in [2.75, 3.05) is 11.1 Å². The standard InChI is InChI=1S/C19H23N5O2S/c1-5-8-24-16(20)15(17(25)23(4)19(24)26)14-10-27-18(22-14)21-13-9-11(2)6-7-12(13)3/h6-7,9-10H,5,8,20H2,1-4H3,(H,21,22). The summed E-state index contributed by atoms with van der Waals surface area (Å²) < 4.78 is 2.51. The van der Waals surface area contributed by atoms with Gasteiger partial charge in [-0.15, -0.1) is 11.3 Å². The van der Waals surface area contributed by atoms with E-state index in [9.17, 15) is 9.59 Å². The quantitative estimate of drug-likeness (QED) is 0.704. The van der Waals surface area contributed by atoms with Crippen LogP contribution in [0.2, 0.25) is 0 Å². The van der Waals surface area contributed by atoms with Crippen LogP contribution in [0.15, 0.2) is 33.2 Å². The molecule has 0 amide bonds. The van der Waals surface area contributed by atoms with Crippen LogP contribution < -0.4 is 22.3 Å². The second-order valence-corrected chi connectivity index (χ2v) is 7.40. The number of thiazole rings is 1. The van der Waals surface area contributed by atoms with Gasteiger partial charge in [-0.1, -0.05) is 19.1 Å². The monoisotopic (exact) mass is 385 g/mol. The Morgan fingerprint density at radius 2 is 2.00 bits per heavy atom. The van der Waals surface area contributed by atoms with Gasteiger partial charge in [-0.25, -0.2) is 9.78 Å². The van der Waals surface area contributed by atoms with E-state index in [0.29, 0.717) is 17.4 Å². The minimum Gasteiger partial charge on any atom is -0.384 e. The van der Waals surface area contributed by atoms with Crippen molar-refractivity contribution in [3.63, 3.8) is 0 Å². The van der Waals surface area contributed by atoms with E-state index in [-0.39, 0.29) is 11.4 Å². The molecule has 0 spiro atoms. The summed E-state index contributed by atoms with van der Waals surface area (Å²) in [4.78, 5) is 29.5. The lowest BCUT2D eigenvalue weighted by molar-refractivity contribution is 0.600. The SMILES string of the molecule is CCCn1c(N)c(-c2csc(Nc3cc(C)ccc3C)n2)c(=O)n(C)c1=O. The second kappa shape index (κ2) is 7.40. The fourth-order valence-corrected chi connectivity index (χ4v) is 3.61. The smallest absolute Gasteiger partial charge is 0.332 e. The first kappa shape index (κ1) is 18.9. The molecule has 0 atom stereocenters. The fourth-order valence-electron chi connectivity index (χ4n) is 2.90. The number of nitrogen functional groups attached to an aromatic ring is 1. The summed E-state index contributed by atoms with van der Waals surface area (Å²) in [7, 11) is 1.46. The predicted octanol–water partition coefficient (Wildman–Crippen LogP) is 3.02. The number of hydrogen-bond acceptors (Lipinski definition) is 6. The average Bonchev–Trinajstić information content (AvgIpc) is 3.08. The predicted molar refractivity (Wildman–Crippen MR) is 111 cm³/mol. The highest BCUT2D eigenvalue weighted by atomic mass is 32.1. The van der Waals surface area contributed by atoms with Crippen LogP contribution in [0.1, 0.15) is 24.5 Å². The van der Waals surface area contributed by atoms with Crippen molar-refractivity contribution in [3.05, 3.63) is 55.5 Å². The molecule has 2 heterocycles. The van der Waals surface area contributed by atoms with Gasteiger partial charge in [0.2, 0.25) is 0 Å². The molecule has 0 fully saturated rings. The van der Waals surface area contributed by atoms with Crippen LogP contribution in [0.5, 0.6) is 0 Å². The first-order chi connectivity index (χ1) is 12.8. The zero-order chi connectivity index (χ0) is 19.7. The highest BCUT2D eigenvalue weighted by Crippen LogP contribution is 2.29. The molecule has 0 radical (unpaired) electrons. The Labute approximate surface area is 161 Å². The third kappa shape index (κ3) is 3.52. The summed E-state index contributed by atoms with van der Waals surface area (Å²) in [6.07, 6.45) is 0.734. The molecule has 0 saturated heterocycles. The van der Waals surface area contributed by atoms with Crippen molar-refractivity contribution in [1.29, 1.82) is 0 Å². The Morgan fingerprint density at radius 3 is 2.70 bits per heavy atom. The summed E-state index contributed by atoms with van der Waals surface area (Å²) in [5.41, 5.74) is 9.26. The van der Waals surface area contributed by atoms with E-state index >= 15 is 0 Å². The third-order valence-corrected chi connectivity index (χ3v) is 5.18. The molecule has 142 valence electrons. The van der Waals surface area contributed by atoms with E-state index in [1.807, 2.05) is 32.9 Å². The first-order valence-electron chi connectivity index (χ1n) is 8.73. The number of aromatic nitrogens is 3. The van der Waals surface area contributed by atoms with Crippen molar-refractivity contribution in [2.24, 2.45) is 7.05 Å². The van der Waals surface area contributed by atoms with E-state index in [4.69, 9.17) is 5.73 Å². The highest BCUT2D eigenvalue weighted by molar-refractivity contribution is 7.14. The maximum Gasteiger partial charge on any atom is 0.332 e. The Kier molecular flexibility index (Phi) is 5.18. The van der Waals surface area contributed by atoms with Gasteiger partial charge in [0.05, 0.1) is 5.69 Å². The molecule has 0 saturated carbocycles. The molecule has 2 aromatic heterocycles. The van der Waals surface area contributed by atoms with Gasteiger partial charge in [-0.05, 0) is 37.5 Å². The number of nitrogens with one attached hydrogen (secondary N) is 1. The van der Waals surface area contributed by atoms with Crippen molar-refractivity contribution >= 4 is 28.0 Å². The van der Waals surface area contributed by atoms with Gasteiger partial charge in [0.1, 0.15) is 11.4 Å². The van der Waals surface area contributed by atoms with Crippen molar-refractivity contribution < 1.29 is 0 Å². The summed E-state index contributed by atoms with van der Waals surface area (Å²) in [5, 5.41) is 5.74. The van der Waals surface area contributed by atoms with Crippen molar-refractivity contribution in [1.82, 2.24) is 14.1 Å². The highest BCUT2D eigenvalue weighted by Gasteiger charge is 2.19. The lowest BCUT2D eigenvalue weighted by Gasteiger charge is -2.13. The Balaban J connectivity index is 2.05. The molecule has 3 aromatic rings. The number of hydrogen-bond donors (Lipinski definition) is 2. The number of anilines is 3. The van der Waals surface area contributed by atoms with Crippen LogP contribution in [0.3, 0.4) is 0 Å². The summed E-state index contributed by atoms with van der Waals surface area (Å²) >= 11 is 1.39. The largest absolute Gasteiger partial charge is 0.384 e. The van der Waals surface area contributed by atoms with Crippen LogP contribution >= 0.6 is 11.3 Å². The molecule has 0 aliphatic carbocycles. The van der Waals surface area contributed by atoms with Gasteiger partial charge >= 0.3 is 5.69 Å². The van der Waals surface area contributed by atoms with Crippen LogP contribution in [0.25, 0.3) is 11.3 Å². The molecule has 7 nitrogen and oxygen atoms in total. The topological polar surface area (TPSA) is 94.9 Å². The van der Waals surface area contributed by atoms with Crippen LogP contribution in [0.4, 0.5) is 16.6 Å². The Hall–Kier alpha value is -2.87. The number of nitrogens with zero attached hydrogens (tertiary/aromatic N) is 3. The minimum atomic E-state index is -0.437. The van der Waals surface area contributed by atoms with E-state index < -0.39 is 11.2 Å². The van der Waals surface area contributed by atoms with Crippen LogP contribution in [-0.4, -0.2) is 14.1 Å². The van der Waals surface area contributed by atoms with Crippen LogP contribution in [-0.2, 0) is 13.6 Å². The van der Waals surface area contributed by atoms with Gasteiger partial charge in [0.25, 0.3) is 5.56 Å². The molecular weight excluding hydrogens is 362 g/mol. The molecule has 0 bridgehead atoms. The number of nitrogens with two attached hydrogens (primary N) is 1. The third-order valence-electron chi connectivity index (χ3n) is 4.43. The lowest BCUT2D eigenvalue weighted by Crippen LogP contribution is -2.40. The zero-order valence-corrected chi connectivity index (χ0v) is 16.7. The Bertz CT molecular complexity index is 1110. The number of benzene rings is 1. The Morgan fingerprint density at radius 1 is 1.26 bits per heavy atom. The van der Waals surface area contributed by atoms with E-state index in [1.54, 1.807) is 5.38 Å². The summed E-state index contributed by atoms with van der Waals surface area (Å²) in [6, 6.07) is 6.14. The molecule has 0 aliphatic heterocycles. The first-order valence-corrected chi connectivity index (χ1v) is 9.61. The molecule has 27 heavy (non-hydrogen) atoms. The molecular formula is C19H23N5O2S. The number of aryl methyl sites for hydroxylation is 2. The maximum atomic E-state index is 12.6. The van der Waals surface area contributed by atoms with E-state index in [1.165, 1.54) is 23.0 Å². The maximum absolute atomic E-state index is 12.6. The molecule has 1 aromatic carbocycles. The molecule has 0 aliphatic rings. The van der Waals surface area contributed by atoms with Gasteiger partial charge in [-0.3, -0.25) is 13.9 Å². The molecule has 8 heteroatoms. The summed E-state index contributed by atoms with van der Waals surface area (Å²) in [5.74, 6) is 0.161. The second-order valence-electron chi connectivity index (χ2n) is 6.54. The zero-order valence-electron chi connectivity index (χ0n) is 15.9. The van der Waals surface area contributed by atoms with Crippen LogP contribution in [0, 0.1) is 13.8 Å². The van der Waals surface area contributed by atoms with Gasteiger partial charge in [0.15, 0.2) is 5.13 Å². The van der Waals surface area contributed by atoms with E-state index in [0.717, 1.165) is 27.8 Å². The van der Waals surface area contributed by atoms with Crippen molar-refractivity contribution in [3.8, 4) is 11.3 Å².